The third-order valence-electron chi connectivity index (χ3n) is 2.75. The van der Waals surface area contributed by atoms with Crippen LogP contribution < -0.4 is 10.6 Å². The summed E-state index contributed by atoms with van der Waals surface area (Å²) in [4.78, 5) is 6.55. The quantitative estimate of drug-likeness (QED) is 0.808. The summed E-state index contributed by atoms with van der Waals surface area (Å²) < 4.78 is 10.8. The zero-order valence-corrected chi connectivity index (χ0v) is 10.6. The zero-order chi connectivity index (χ0) is 12.8. The van der Waals surface area contributed by atoms with Crippen LogP contribution in [0.3, 0.4) is 0 Å². The van der Waals surface area contributed by atoms with E-state index in [1.807, 2.05) is 24.3 Å². The van der Waals surface area contributed by atoms with Crippen LogP contribution in [0.1, 0.15) is 6.42 Å². The fourth-order valence-corrected chi connectivity index (χ4v) is 1.78. The average Bonchev–Trinajstić information content (AvgIpc) is 2.82. The van der Waals surface area contributed by atoms with E-state index < -0.39 is 0 Å². The Morgan fingerprint density at radius 2 is 2.17 bits per heavy atom. The number of oxazole rings is 1. The Labute approximate surface area is 107 Å². The Morgan fingerprint density at radius 3 is 2.89 bits per heavy atom. The molecule has 2 N–H and O–H groups in total. The summed E-state index contributed by atoms with van der Waals surface area (Å²) in [6.45, 7) is 2.88. The molecular formula is C13H19N3O2. The molecule has 2 aromatic rings. The molecule has 0 aliphatic rings. The van der Waals surface area contributed by atoms with Crippen LogP contribution in [0.5, 0.6) is 0 Å². The van der Waals surface area contributed by atoms with Crippen molar-refractivity contribution in [1.29, 1.82) is 0 Å². The first-order valence-corrected chi connectivity index (χ1v) is 6.14. The van der Waals surface area contributed by atoms with Gasteiger partial charge >= 0.3 is 0 Å². The van der Waals surface area contributed by atoms with E-state index in [4.69, 9.17) is 14.9 Å². The molecule has 0 fully saturated rings. The molecule has 0 radical (unpaired) electrons. The van der Waals surface area contributed by atoms with Gasteiger partial charge in [0.2, 0.25) is 0 Å². The Bertz CT molecular complexity index is 443. The molecule has 0 aliphatic heterocycles. The maximum atomic E-state index is 5.74. The number of hydrogen-bond acceptors (Lipinski definition) is 5. The van der Waals surface area contributed by atoms with Crippen molar-refractivity contribution >= 4 is 17.1 Å². The molecule has 18 heavy (non-hydrogen) atoms. The first kappa shape index (κ1) is 12.9. The molecular weight excluding hydrogens is 230 g/mol. The van der Waals surface area contributed by atoms with Crippen molar-refractivity contribution in [3.63, 3.8) is 0 Å². The molecule has 0 amide bonds. The lowest BCUT2D eigenvalue weighted by atomic mass is 10.3. The summed E-state index contributed by atoms with van der Waals surface area (Å²) in [5.74, 6) is 0. The summed E-state index contributed by atoms with van der Waals surface area (Å²) in [7, 11) is 1.69. The summed E-state index contributed by atoms with van der Waals surface area (Å²) in [6.07, 6.45) is 0.905. The van der Waals surface area contributed by atoms with Gasteiger partial charge in [0, 0.05) is 20.2 Å². The second kappa shape index (κ2) is 6.37. The topological polar surface area (TPSA) is 64.5 Å². The van der Waals surface area contributed by atoms with E-state index in [2.05, 4.69) is 9.88 Å². The molecule has 1 heterocycles. The number of hydrogen-bond donors (Lipinski definition) is 1. The number of methoxy groups -OCH3 is 1. The van der Waals surface area contributed by atoms with Crippen molar-refractivity contribution < 1.29 is 9.15 Å². The number of aromatic nitrogens is 1. The van der Waals surface area contributed by atoms with E-state index in [0.29, 0.717) is 19.2 Å². The second-order valence-electron chi connectivity index (χ2n) is 4.09. The number of nitrogens with two attached hydrogens (primary N) is 1. The lowest BCUT2D eigenvalue weighted by Crippen LogP contribution is -2.29. The first-order valence-electron chi connectivity index (χ1n) is 6.14. The Balaban J connectivity index is 2.17. The zero-order valence-electron chi connectivity index (χ0n) is 10.6. The minimum absolute atomic E-state index is 0.640. The summed E-state index contributed by atoms with van der Waals surface area (Å²) in [5.41, 5.74) is 7.24. The SMILES string of the molecule is COCCN(CCCN)c1nc2ccccc2o1. The maximum Gasteiger partial charge on any atom is 0.298 e. The molecule has 98 valence electrons. The van der Waals surface area contributed by atoms with E-state index in [0.717, 1.165) is 30.6 Å². The van der Waals surface area contributed by atoms with E-state index in [-0.39, 0.29) is 0 Å². The van der Waals surface area contributed by atoms with Gasteiger partial charge in [0.05, 0.1) is 6.61 Å². The summed E-state index contributed by atoms with van der Waals surface area (Å²) in [5, 5.41) is 0. The highest BCUT2D eigenvalue weighted by Crippen LogP contribution is 2.21. The van der Waals surface area contributed by atoms with Crippen LogP contribution in [-0.4, -0.2) is 38.3 Å². The van der Waals surface area contributed by atoms with Gasteiger partial charge in [-0.05, 0) is 25.1 Å². The smallest absolute Gasteiger partial charge is 0.298 e. The fraction of sp³-hybridized carbons (Fsp3) is 0.462. The standard InChI is InChI=1S/C13H19N3O2/c1-17-10-9-16(8-4-7-14)13-15-11-5-2-3-6-12(11)18-13/h2-3,5-6H,4,7-10,14H2,1H3. The molecule has 0 atom stereocenters. The van der Waals surface area contributed by atoms with Crippen LogP contribution in [-0.2, 0) is 4.74 Å². The highest BCUT2D eigenvalue weighted by Gasteiger charge is 2.13. The molecule has 1 aromatic carbocycles. The van der Waals surface area contributed by atoms with Gasteiger partial charge in [0.15, 0.2) is 5.58 Å². The third kappa shape index (κ3) is 3.00. The number of benzene rings is 1. The van der Waals surface area contributed by atoms with Gasteiger partial charge in [0.1, 0.15) is 5.52 Å². The predicted octanol–water partition coefficient (Wildman–Crippen LogP) is 1.63. The molecule has 0 unspecified atom stereocenters. The van der Waals surface area contributed by atoms with Gasteiger partial charge in [-0.15, -0.1) is 0 Å². The normalized spacial score (nSPS) is 11.0. The van der Waals surface area contributed by atoms with Crippen molar-refractivity contribution in [1.82, 2.24) is 4.98 Å². The fourth-order valence-electron chi connectivity index (χ4n) is 1.78. The lowest BCUT2D eigenvalue weighted by molar-refractivity contribution is 0.204. The number of para-hydroxylation sites is 2. The highest BCUT2D eigenvalue weighted by molar-refractivity contribution is 5.74. The molecule has 0 spiro atoms. The van der Waals surface area contributed by atoms with Gasteiger partial charge in [-0.1, -0.05) is 12.1 Å². The highest BCUT2D eigenvalue weighted by atomic mass is 16.5. The molecule has 0 bridgehead atoms. The van der Waals surface area contributed by atoms with E-state index in [9.17, 15) is 0 Å². The monoisotopic (exact) mass is 249 g/mol. The van der Waals surface area contributed by atoms with Crippen LogP contribution in [0.15, 0.2) is 28.7 Å². The number of fused-ring (bicyclic) bond motifs is 1. The van der Waals surface area contributed by atoms with Crippen LogP contribution in [0.2, 0.25) is 0 Å². The lowest BCUT2D eigenvalue weighted by Gasteiger charge is -2.19. The number of anilines is 1. The average molecular weight is 249 g/mol. The molecule has 0 aliphatic carbocycles. The van der Waals surface area contributed by atoms with Crippen LogP contribution in [0.4, 0.5) is 6.01 Å². The van der Waals surface area contributed by atoms with Crippen LogP contribution in [0.25, 0.3) is 11.1 Å². The van der Waals surface area contributed by atoms with Crippen molar-refractivity contribution in [3.05, 3.63) is 24.3 Å². The van der Waals surface area contributed by atoms with Crippen LogP contribution in [0, 0.1) is 0 Å². The van der Waals surface area contributed by atoms with Gasteiger partial charge in [-0.2, -0.15) is 4.98 Å². The Kier molecular flexibility index (Phi) is 4.55. The van der Waals surface area contributed by atoms with E-state index in [1.165, 1.54) is 0 Å². The van der Waals surface area contributed by atoms with Crippen molar-refractivity contribution in [2.75, 3.05) is 38.3 Å². The van der Waals surface area contributed by atoms with Crippen molar-refractivity contribution in [2.24, 2.45) is 5.73 Å². The molecule has 1 aromatic heterocycles. The van der Waals surface area contributed by atoms with Gasteiger partial charge in [0.25, 0.3) is 6.01 Å². The number of rotatable bonds is 7. The Morgan fingerprint density at radius 1 is 1.33 bits per heavy atom. The second-order valence-corrected chi connectivity index (χ2v) is 4.09. The molecule has 2 rings (SSSR count). The third-order valence-corrected chi connectivity index (χ3v) is 2.75. The summed E-state index contributed by atoms with van der Waals surface area (Å²) in [6, 6.07) is 8.40. The van der Waals surface area contributed by atoms with Crippen molar-refractivity contribution in [2.45, 2.75) is 6.42 Å². The van der Waals surface area contributed by atoms with Crippen LogP contribution >= 0.6 is 0 Å². The Hall–Kier alpha value is -1.59. The first-order chi connectivity index (χ1) is 8.85. The maximum absolute atomic E-state index is 5.74. The largest absolute Gasteiger partial charge is 0.423 e. The minimum Gasteiger partial charge on any atom is -0.423 e. The van der Waals surface area contributed by atoms with Gasteiger partial charge < -0.3 is 19.8 Å². The van der Waals surface area contributed by atoms with Gasteiger partial charge in [-0.3, -0.25) is 0 Å². The summed E-state index contributed by atoms with van der Waals surface area (Å²) >= 11 is 0. The van der Waals surface area contributed by atoms with Crippen molar-refractivity contribution in [3.8, 4) is 0 Å². The van der Waals surface area contributed by atoms with Gasteiger partial charge in [-0.25, -0.2) is 0 Å². The molecule has 0 saturated heterocycles. The molecule has 5 heteroatoms. The van der Waals surface area contributed by atoms with E-state index in [1.54, 1.807) is 7.11 Å². The molecule has 0 saturated carbocycles. The molecule has 5 nitrogen and oxygen atoms in total. The predicted molar refractivity (Wildman–Crippen MR) is 71.8 cm³/mol. The number of ether oxygens (including phenoxy) is 1. The van der Waals surface area contributed by atoms with E-state index >= 15 is 0 Å². The minimum atomic E-state index is 0.640. The number of nitrogens with zero attached hydrogens (tertiary/aromatic N) is 2.